The van der Waals surface area contributed by atoms with E-state index >= 15 is 0 Å². The van der Waals surface area contributed by atoms with E-state index in [2.05, 4.69) is 5.32 Å². The highest BCUT2D eigenvalue weighted by atomic mass is 19.1. The van der Waals surface area contributed by atoms with Gasteiger partial charge in [-0.2, -0.15) is 0 Å². The Morgan fingerprint density at radius 2 is 1.71 bits per heavy atom. The van der Waals surface area contributed by atoms with Gasteiger partial charge in [0.05, 0.1) is 25.4 Å². The van der Waals surface area contributed by atoms with Crippen LogP contribution in [0.2, 0.25) is 0 Å². The number of ether oxygens (including phenoxy) is 1. The van der Waals surface area contributed by atoms with Crippen LogP contribution in [0.1, 0.15) is 29.8 Å². The highest BCUT2D eigenvalue weighted by molar-refractivity contribution is 6.01. The minimum Gasteiger partial charge on any atom is -0.394 e. The summed E-state index contributed by atoms with van der Waals surface area (Å²) in [5.41, 5.74) is 3.71. The number of halogens is 1. The fraction of sp³-hybridized carbons (Fsp3) is 0.333. The number of nitrogens with one attached hydrogen (secondary N) is 1. The summed E-state index contributed by atoms with van der Waals surface area (Å²) < 4.78 is 19.7. The molecule has 2 N–H and O–H groups in total. The van der Waals surface area contributed by atoms with Gasteiger partial charge in [0.1, 0.15) is 5.82 Å². The molecule has 200 valence electrons. The van der Waals surface area contributed by atoms with Gasteiger partial charge in [-0.3, -0.25) is 4.79 Å². The molecule has 1 aliphatic rings. The number of amides is 3. The Bertz CT molecular complexity index is 1270. The van der Waals surface area contributed by atoms with Gasteiger partial charge >= 0.3 is 6.03 Å². The van der Waals surface area contributed by atoms with Crippen LogP contribution in [-0.2, 0) is 11.3 Å². The van der Waals surface area contributed by atoms with Crippen LogP contribution in [0.15, 0.2) is 72.8 Å². The van der Waals surface area contributed by atoms with Crippen molar-refractivity contribution in [1.82, 2.24) is 9.80 Å². The first-order chi connectivity index (χ1) is 18.3. The summed E-state index contributed by atoms with van der Waals surface area (Å²) in [4.78, 5) is 30.0. The Hall–Kier alpha value is -3.75. The van der Waals surface area contributed by atoms with Crippen molar-refractivity contribution < 1.29 is 23.8 Å². The first kappa shape index (κ1) is 27.3. The fourth-order valence-electron chi connectivity index (χ4n) is 4.66. The van der Waals surface area contributed by atoms with E-state index in [1.165, 1.54) is 29.2 Å². The largest absolute Gasteiger partial charge is 0.394 e. The van der Waals surface area contributed by atoms with Gasteiger partial charge in [-0.05, 0) is 53.9 Å². The highest BCUT2D eigenvalue weighted by Crippen LogP contribution is 2.31. The number of hydrogen-bond donors (Lipinski definition) is 2. The lowest BCUT2D eigenvalue weighted by molar-refractivity contribution is -0.0178. The van der Waals surface area contributed by atoms with Crippen molar-refractivity contribution in [2.45, 2.75) is 32.6 Å². The molecule has 0 unspecified atom stereocenters. The Labute approximate surface area is 222 Å². The SMILES string of the molecule is C[C@H](CO)N1C[C@H](C)[C@H](CN(C)C(=O)Nc2ccc(F)cc2)OCc2ccccc2-c2ccccc2C1=O. The van der Waals surface area contributed by atoms with Gasteiger partial charge in [0.15, 0.2) is 0 Å². The molecule has 3 aromatic carbocycles. The summed E-state index contributed by atoms with van der Waals surface area (Å²) in [6.45, 7) is 4.52. The standard InChI is InChI=1S/C30H34FN3O4/c1-20-16-34(21(2)18-35)29(36)27-11-7-6-10-26(27)25-9-5-4-8-22(25)19-38-28(20)17-33(3)30(37)32-24-14-12-23(31)13-15-24/h4-15,20-21,28,35H,16-19H2,1-3H3,(H,32,37)/t20-,21+,28-/m0/s1. The molecule has 3 aromatic rings. The minimum atomic E-state index is -0.408. The molecular formula is C30H34FN3O4. The number of aliphatic hydroxyl groups is 1. The first-order valence-electron chi connectivity index (χ1n) is 12.8. The number of carbonyl (C=O) groups excluding carboxylic acids is 2. The number of likely N-dealkylation sites (N-methyl/N-ethyl adjacent to an activating group) is 1. The van der Waals surface area contributed by atoms with Crippen molar-refractivity contribution in [2.24, 2.45) is 5.92 Å². The molecule has 0 saturated carbocycles. The van der Waals surface area contributed by atoms with E-state index in [0.29, 0.717) is 24.4 Å². The smallest absolute Gasteiger partial charge is 0.321 e. The lowest BCUT2D eigenvalue weighted by atomic mass is 9.94. The molecule has 0 aromatic heterocycles. The van der Waals surface area contributed by atoms with Gasteiger partial charge < -0.3 is 25.0 Å². The molecule has 3 amide bonds. The van der Waals surface area contributed by atoms with Crippen LogP contribution >= 0.6 is 0 Å². The third-order valence-electron chi connectivity index (χ3n) is 6.99. The molecule has 0 radical (unpaired) electrons. The third kappa shape index (κ3) is 6.20. The number of urea groups is 1. The lowest BCUT2D eigenvalue weighted by Crippen LogP contribution is -2.48. The van der Waals surface area contributed by atoms with E-state index in [1.807, 2.05) is 62.4 Å². The molecule has 0 aliphatic carbocycles. The zero-order valence-electron chi connectivity index (χ0n) is 21.9. The van der Waals surface area contributed by atoms with Crippen LogP contribution in [-0.4, -0.2) is 65.7 Å². The van der Waals surface area contributed by atoms with E-state index < -0.39 is 12.1 Å². The Morgan fingerprint density at radius 3 is 2.39 bits per heavy atom. The number of rotatable bonds is 5. The summed E-state index contributed by atoms with van der Waals surface area (Å²) in [5, 5.41) is 12.7. The molecule has 0 fully saturated rings. The van der Waals surface area contributed by atoms with Crippen LogP contribution in [0, 0.1) is 11.7 Å². The monoisotopic (exact) mass is 519 g/mol. The number of fused-ring (bicyclic) bond motifs is 3. The zero-order valence-corrected chi connectivity index (χ0v) is 21.9. The first-order valence-corrected chi connectivity index (χ1v) is 12.8. The summed E-state index contributed by atoms with van der Waals surface area (Å²) >= 11 is 0. The quantitative estimate of drug-likeness (QED) is 0.496. The Kier molecular flexibility index (Phi) is 8.76. The average molecular weight is 520 g/mol. The molecule has 38 heavy (non-hydrogen) atoms. The number of benzene rings is 3. The molecule has 0 spiro atoms. The molecule has 8 heteroatoms. The maximum Gasteiger partial charge on any atom is 0.321 e. The maximum absolute atomic E-state index is 13.9. The van der Waals surface area contributed by atoms with Crippen LogP contribution in [0.5, 0.6) is 0 Å². The molecule has 1 heterocycles. The average Bonchev–Trinajstić information content (AvgIpc) is 2.95. The number of nitrogens with zero attached hydrogens (tertiary/aromatic N) is 2. The van der Waals surface area contributed by atoms with Crippen LogP contribution in [0.25, 0.3) is 11.1 Å². The predicted octanol–water partition coefficient (Wildman–Crippen LogP) is 5.01. The maximum atomic E-state index is 13.9. The van der Waals surface area contributed by atoms with Gasteiger partial charge in [-0.1, -0.05) is 49.4 Å². The Balaban J connectivity index is 1.64. The van der Waals surface area contributed by atoms with Gasteiger partial charge in [0.25, 0.3) is 5.91 Å². The number of aliphatic hydroxyl groups excluding tert-OH is 1. The molecule has 0 bridgehead atoms. The molecule has 4 rings (SSSR count). The van der Waals surface area contributed by atoms with Crippen LogP contribution in [0.4, 0.5) is 14.9 Å². The third-order valence-corrected chi connectivity index (χ3v) is 6.99. The second kappa shape index (κ2) is 12.2. The lowest BCUT2D eigenvalue weighted by Gasteiger charge is -2.35. The Morgan fingerprint density at radius 1 is 1.08 bits per heavy atom. The fourth-order valence-corrected chi connectivity index (χ4v) is 4.66. The topological polar surface area (TPSA) is 82.1 Å². The number of hydrogen-bond acceptors (Lipinski definition) is 4. The van der Waals surface area contributed by atoms with E-state index in [-0.39, 0.29) is 36.8 Å². The number of anilines is 1. The van der Waals surface area contributed by atoms with Crippen molar-refractivity contribution in [1.29, 1.82) is 0 Å². The predicted molar refractivity (Wildman–Crippen MR) is 145 cm³/mol. The van der Waals surface area contributed by atoms with Crippen molar-refractivity contribution in [3.63, 3.8) is 0 Å². The van der Waals surface area contributed by atoms with Crippen molar-refractivity contribution in [3.05, 3.63) is 89.7 Å². The molecule has 1 aliphatic heterocycles. The molecule has 0 saturated heterocycles. The van der Waals surface area contributed by atoms with Gasteiger partial charge in [-0.15, -0.1) is 0 Å². The normalized spacial score (nSPS) is 18.6. The van der Waals surface area contributed by atoms with Gasteiger partial charge in [0, 0.05) is 37.3 Å². The van der Waals surface area contributed by atoms with E-state index in [1.54, 1.807) is 11.9 Å². The minimum absolute atomic E-state index is 0.160. The van der Waals surface area contributed by atoms with Gasteiger partial charge in [-0.25, -0.2) is 9.18 Å². The van der Waals surface area contributed by atoms with Gasteiger partial charge in [0.2, 0.25) is 0 Å². The van der Waals surface area contributed by atoms with Crippen LogP contribution < -0.4 is 5.32 Å². The summed E-state index contributed by atoms with van der Waals surface area (Å²) in [7, 11) is 1.67. The van der Waals surface area contributed by atoms with E-state index in [4.69, 9.17) is 4.74 Å². The molecule has 3 atom stereocenters. The second-order valence-electron chi connectivity index (χ2n) is 9.84. The highest BCUT2D eigenvalue weighted by Gasteiger charge is 2.31. The summed E-state index contributed by atoms with van der Waals surface area (Å²) in [5.74, 6) is -0.701. The molecule has 7 nitrogen and oxygen atoms in total. The van der Waals surface area contributed by atoms with E-state index in [9.17, 15) is 19.1 Å². The van der Waals surface area contributed by atoms with Crippen molar-refractivity contribution >= 4 is 17.6 Å². The van der Waals surface area contributed by atoms with Crippen molar-refractivity contribution in [2.75, 3.05) is 32.1 Å². The zero-order chi connectivity index (χ0) is 27.2. The summed E-state index contributed by atoms with van der Waals surface area (Å²) in [6, 6.07) is 20.1. The number of carbonyl (C=O) groups is 2. The summed E-state index contributed by atoms with van der Waals surface area (Å²) in [6.07, 6.45) is -0.408. The van der Waals surface area contributed by atoms with Crippen LogP contribution in [0.3, 0.4) is 0 Å². The van der Waals surface area contributed by atoms with Crippen molar-refractivity contribution in [3.8, 4) is 11.1 Å². The second-order valence-corrected chi connectivity index (χ2v) is 9.84. The van der Waals surface area contributed by atoms with E-state index in [0.717, 1.165) is 16.7 Å². The molecular weight excluding hydrogens is 485 g/mol.